The number of phenols is 2. The van der Waals surface area contributed by atoms with Gasteiger partial charge in [0.2, 0.25) is 0 Å². The quantitative estimate of drug-likeness (QED) is 0.543. The number of aliphatic hydroxyl groups is 1. The Bertz CT molecular complexity index is 455. The van der Waals surface area contributed by atoms with E-state index in [0.717, 1.165) is 4.90 Å². The molecule has 0 aliphatic carbocycles. The molecule has 0 spiro atoms. The summed E-state index contributed by atoms with van der Waals surface area (Å²) >= 11 is 0. The molecule has 5 nitrogen and oxygen atoms in total. The van der Waals surface area contributed by atoms with E-state index in [-0.39, 0.29) is 22.8 Å². The van der Waals surface area contributed by atoms with Crippen LogP contribution in [0.25, 0.3) is 0 Å². The number of rotatable bonds is 0. The van der Waals surface area contributed by atoms with E-state index in [0.29, 0.717) is 5.56 Å². The largest absolute Gasteiger partial charge is 0.504 e. The molecule has 3 N–H and O–H groups in total. The maximum absolute atomic E-state index is 11.7. The predicted octanol–water partition coefficient (Wildman–Crippen LogP) is 0.483. The summed E-state index contributed by atoms with van der Waals surface area (Å²) in [5.41, 5.74) is 0.883. The van der Waals surface area contributed by atoms with E-state index in [4.69, 9.17) is 0 Å². The third kappa shape index (κ3) is 1.10. The van der Waals surface area contributed by atoms with E-state index in [1.165, 1.54) is 13.1 Å². The zero-order valence-electron chi connectivity index (χ0n) is 8.35. The number of fused-ring (bicyclic) bond motifs is 1. The smallest absolute Gasteiger partial charge is 0.256 e. The Kier molecular flexibility index (Phi) is 1.87. The van der Waals surface area contributed by atoms with Crippen molar-refractivity contribution in [2.75, 3.05) is 7.05 Å². The van der Waals surface area contributed by atoms with E-state index in [2.05, 4.69) is 0 Å². The van der Waals surface area contributed by atoms with Gasteiger partial charge in [-0.2, -0.15) is 0 Å². The van der Waals surface area contributed by atoms with Crippen molar-refractivity contribution in [3.8, 4) is 11.5 Å². The van der Waals surface area contributed by atoms with Crippen LogP contribution in [-0.2, 0) is 0 Å². The second-order valence-electron chi connectivity index (χ2n) is 3.64. The number of carbonyl (C=O) groups is 1. The van der Waals surface area contributed by atoms with Crippen molar-refractivity contribution in [2.24, 2.45) is 0 Å². The Balaban J connectivity index is 2.79. The fourth-order valence-electron chi connectivity index (χ4n) is 1.83. The maximum atomic E-state index is 11.7. The second-order valence-corrected chi connectivity index (χ2v) is 3.64. The lowest BCUT2D eigenvalue weighted by atomic mass is 10.0. The molecule has 0 bridgehead atoms. The van der Waals surface area contributed by atoms with Gasteiger partial charge in [0.25, 0.3) is 5.91 Å². The molecule has 1 unspecified atom stereocenters. The van der Waals surface area contributed by atoms with Gasteiger partial charge in [0.1, 0.15) is 0 Å². The lowest BCUT2D eigenvalue weighted by Gasteiger charge is -2.14. The summed E-state index contributed by atoms with van der Waals surface area (Å²) in [6.07, 6.45) is -1.20. The second kappa shape index (κ2) is 2.87. The normalized spacial score (nSPS) is 19.5. The SMILES string of the molecule is Cc1cc(O)c(O)c2c1C(=O)N(C)C2O. The van der Waals surface area contributed by atoms with Gasteiger partial charge in [0.15, 0.2) is 17.7 Å². The Morgan fingerprint density at radius 1 is 1.40 bits per heavy atom. The zero-order valence-corrected chi connectivity index (χ0v) is 8.35. The van der Waals surface area contributed by atoms with Crippen LogP contribution in [0.2, 0.25) is 0 Å². The number of aryl methyl sites for hydroxylation is 1. The van der Waals surface area contributed by atoms with Gasteiger partial charge in [-0.15, -0.1) is 0 Å². The van der Waals surface area contributed by atoms with Crippen molar-refractivity contribution < 1.29 is 20.1 Å². The molecule has 5 heteroatoms. The molecule has 0 fully saturated rings. The van der Waals surface area contributed by atoms with Gasteiger partial charge in [0.05, 0.1) is 11.1 Å². The van der Waals surface area contributed by atoms with Crippen molar-refractivity contribution in [3.05, 3.63) is 22.8 Å². The van der Waals surface area contributed by atoms with Gasteiger partial charge in [0, 0.05) is 7.05 Å². The van der Waals surface area contributed by atoms with Gasteiger partial charge in [-0.25, -0.2) is 0 Å². The molecule has 1 heterocycles. The van der Waals surface area contributed by atoms with Crippen LogP contribution < -0.4 is 0 Å². The zero-order chi connectivity index (χ0) is 11.3. The molecule has 1 aliphatic heterocycles. The molecule has 15 heavy (non-hydrogen) atoms. The number of aliphatic hydroxyl groups excluding tert-OH is 1. The van der Waals surface area contributed by atoms with Crippen molar-refractivity contribution in [1.29, 1.82) is 0 Å². The van der Waals surface area contributed by atoms with Crippen LogP contribution in [0.3, 0.4) is 0 Å². The number of hydrogen-bond donors (Lipinski definition) is 3. The van der Waals surface area contributed by atoms with Crippen molar-refractivity contribution >= 4 is 5.91 Å². The molecular formula is C10H11NO4. The number of hydrogen-bond acceptors (Lipinski definition) is 4. The molecule has 1 amide bonds. The Morgan fingerprint density at radius 2 is 2.00 bits per heavy atom. The van der Waals surface area contributed by atoms with Crippen LogP contribution in [-0.4, -0.2) is 33.2 Å². The van der Waals surface area contributed by atoms with Crippen LogP contribution >= 0.6 is 0 Å². The molecule has 1 aromatic rings. The molecule has 1 atom stereocenters. The van der Waals surface area contributed by atoms with Gasteiger partial charge < -0.3 is 20.2 Å². The molecule has 1 aromatic carbocycles. The third-order valence-electron chi connectivity index (χ3n) is 2.67. The highest BCUT2D eigenvalue weighted by Crippen LogP contribution is 2.43. The van der Waals surface area contributed by atoms with Crippen LogP contribution in [0.5, 0.6) is 11.5 Å². The van der Waals surface area contributed by atoms with Crippen LogP contribution in [0.1, 0.15) is 27.7 Å². The van der Waals surface area contributed by atoms with E-state index in [1.54, 1.807) is 6.92 Å². The first-order valence-corrected chi connectivity index (χ1v) is 4.45. The molecule has 1 aliphatic rings. The van der Waals surface area contributed by atoms with Crippen LogP contribution in [0.15, 0.2) is 6.07 Å². The standard InChI is InChI=1S/C10H11NO4/c1-4-3-5(12)8(13)7-6(4)9(14)11(2)10(7)15/h3,10,12-13,15H,1-2H3. The monoisotopic (exact) mass is 209 g/mol. The van der Waals surface area contributed by atoms with Crippen LogP contribution in [0, 0.1) is 6.92 Å². The minimum Gasteiger partial charge on any atom is -0.504 e. The number of aromatic hydroxyl groups is 2. The summed E-state index contributed by atoms with van der Waals surface area (Å²) in [7, 11) is 1.43. The van der Waals surface area contributed by atoms with Crippen molar-refractivity contribution in [1.82, 2.24) is 4.90 Å². The Hall–Kier alpha value is -1.75. The maximum Gasteiger partial charge on any atom is 0.256 e. The van der Waals surface area contributed by atoms with Crippen molar-refractivity contribution in [3.63, 3.8) is 0 Å². The minimum atomic E-state index is -1.20. The average molecular weight is 209 g/mol. The van der Waals surface area contributed by atoms with Crippen molar-refractivity contribution in [2.45, 2.75) is 13.2 Å². The summed E-state index contributed by atoms with van der Waals surface area (Å²) < 4.78 is 0. The van der Waals surface area contributed by atoms with Gasteiger partial charge in [-0.1, -0.05) is 0 Å². The highest BCUT2D eigenvalue weighted by atomic mass is 16.3. The average Bonchev–Trinajstić information content (AvgIpc) is 2.40. The molecule has 0 saturated carbocycles. The molecule has 2 rings (SSSR count). The van der Waals surface area contributed by atoms with E-state index < -0.39 is 12.0 Å². The van der Waals surface area contributed by atoms with Crippen LogP contribution in [0.4, 0.5) is 0 Å². The number of benzene rings is 1. The highest BCUT2D eigenvalue weighted by molar-refractivity contribution is 6.01. The summed E-state index contributed by atoms with van der Waals surface area (Å²) in [6.45, 7) is 1.64. The molecule has 0 aromatic heterocycles. The van der Waals surface area contributed by atoms with Gasteiger partial charge in [-0.3, -0.25) is 4.79 Å². The summed E-state index contributed by atoms with van der Waals surface area (Å²) in [6, 6.07) is 1.30. The number of carbonyl (C=O) groups excluding carboxylic acids is 1. The van der Waals surface area contributed by atoms with Gasteiger partial charge in [-0.05, 0) is 18.6 Å². The summed E-state index contributed by atoms with van der Waals surface area (Å²) in [5.74, 6) is -1.11. The number of phenolic OH excluding ortho intramolecular Hbond substituents is 2. The summed E-state index contributed by atoms with van der Waals surface area (Å²) in [5, 5.41) is 28.6. The minimum absolute atomic E-state index is 0.0833. The van der Waals surface area contributed by atoms with E-state index in [1.807, 2.05) is 0 Å². The first-order valence-electron chi connectivity index (χ1n) is 4.45. The van der Waals surface area contributed by atoms with E-state index in [9.17, 15) is 20.1 Å². The third-order valence-corrected chi connectivity index (χ3v) is 2.67. The first-order chi connectivity index (χ1) is 6.95. The Morgan fingerprint density at radius 3 is 2.60 bits per heavy atom. The Labute approximate surface area is 86.2 Å². The number of nitrogens with zero attached hydrogens (tertiary/aromatic N) is 1. The molecule has 0 saturated heterocycles. The lowest BCUT2D eigenvalue weighted by Crippen LogP contribution is -2.22. The topological polar surface area (TPSA) is 81.0 Å². The molecule has 80 valence electrons. The molecule has 0 radical (unpaired) electrons. The van der Waals surface area contributed by atoms with E-state index >= 15 is 0 Å². The lowest BCUT2D eigenvalue weighted by molar-refractivity contribution is 0.0292. The fourth-order valence-corrected chi connectivity index (χ4v) is 1.83. The van der Waals surface area contributed by atoms with Gasteiger partial charge >= 0.3 is 0 Å². The predicted molar refractivity (Wildman–Crippen MR) is 51.6 cm³/mol. The fraction of sp³-hybridized carbons (Fsp3) is 0.300. The molecular weight excluding hydrogens is 198 g/mol. The number of amides is 1. The summed E-state index contributed by atoms with van der Waals surface area (Å²) in [4.78, 5) is 12.8. The highest BCUT2D eigenvalue weighted by Gasteiger charge is 2.37. The first kappa shape index (κ1) is 9.79.